The first kappa shape index (κ1) is 17.1. The lowest BCUT2D eigenvalue weighted by atomic mass is 10.3. The molecule has 1 unspecified atom stereocenters. The SMILES string of the molecule is COC(=O)C(C)N1CSCCOCCOCCSC1. The number of carbonyl (C=O) groups excluding carboxylic acids is 1. The number of thioether (sulfide) groups is 2. The monoisotopic (exact) mass is 309 g/mol. The third-order valence-electron chi connectivity index (χ3n) is 2.72. The first-order chi connectivity index (χ1) is 9.25. The van der Waals surface area contributed by atoms with Gasteiger partial charge in [-0.15, -0.1) is 23.5 Å². The van der Waals surface area contributed by atoms with Crippen LogP contribution in [0.25, 0.3) is 0 Å². The van der Waals surface area contributed by atoms with Gasteiger partial charge in [-0.1, -0.05) is 0 Å². The van der Waals surface area contributed by atoms with E-state index in [0.29, 0.717) is 13.2 Å². The molecule has 1 rings (SSSR count). The zero-order chi connectivity index (χ0) is 13.9. The van der Waals surface area contributed by atoms with E-state index >= 15 is 0 Å². The highest BCUT2D eigenvalue weighted by molar-refractivity contribution is 8.00. The number of hydrogen-bond donors (Lipinski definition) is 0. The van der Waals surface area contributed by atoms with Crippen molar-refractivity contribution in [1.29, 1.82) is 0 Å². The fraction of sp³-hybridized carbons (Fsp3) is 0.917. The van der Waals surface area contributed by atoms with Crippen molar-refractivity contribution in [3.63, 3.8) is 0 Å². The minimum absolute atomic E-state index is 0.182. The summed E-state index contributed by atoms with van der Waals surface area (Å²) in [6.45, 7) is 4.66. The van der Waals surface area contributed by atoms with E-state index < -0.39 is 0 Å². The van der Waals surface area contributed by atoms with Crippen LogP contribution in [0.15, 0.2) is 0 Å². The third-order valence-corrected chi connectivity index (χ3v) is 4.66. The van der Waals surface area contributed by atoms with Crippen LogP contribution < -0.4 is 0 Å². The maximum Gasteiger partial charge on any atom is 0.322 e. The number of ether oxygens (including phenoxy) is 3. The molecule has 0 N–H and O–H groups in total. The van der Waals surface area contributed by atoms with Gasteiger partial charge < -0.3 is 14.2 Å². The van der Waals surface area contributed by atoms with Crippen LogP contribution in [0.2, 0.25) is 0 Å². The van der Waals surface area contributed by atoms with Crippen molar-refractivity contribution in [3.8, 4) is 0 Å². The number of methoxy groups -OCH3 is 1. The molecule has 1 fully saturated rings. The maximum atomic E-state index is 11.6. The molecule has 0 amide bonds. The predicted octanol–water partition coefficient (Wildman–Crippen LogP) is 1.28. The number of esters is 1. The van der Waals surface area contributed by atoms with Gasteiger partial charge >= 0.3 is 5.97 Å². The van der Waals surface area contributed by atoms with E-state index in [1.54, 1.807) is 23.5 Å². The van der Waals surface area contributed by atoms with Gasteiger partial charge in [0.05, 0.1) is 33.5 Å². The molecule has 1 atom stereocenters. The lowest BCUT2D eigenvalue weighted by Crippen LogP contribution is -2.39. The van der Waals surface area contributed by atoms with E-state index in [4.69, 9.17) is 14.2 Å². The van der Waals surface area contributed by atoms with Gasteiger partial charge in [0.25, 0.3) is 0 Å². The molecule has 1 heterocycles. The average Bonchev–Trinajstić information content (AvgIpc) is 2.46. The summed E-state index contributed by atoms with van der Waals surface area (Å²) in [5, 5.41) is 0. The smallest absolute Gasteiger partial charge is 0.322 e. The lowest BCUT2D eigenvalue weighted by molar-refractivity contribution is -0.145. The molecule has 0 aromatic carbocycles. The molecule has 19 heavy (non-hydrogen) atoms. The first-order valence-corrected chi connectivity index (χ1v) is 8.69. The van der Waals surface area contributed by atoms with Gasteiger partial charge in [-0.2, -0.15) is 0 Å². The van der Waals surface area contributed by atoms with Gasteiger partial charge in [0.2, 0.25) is 0 Å². The van der Waals surface area contributed by atoms with Gasteiger partial charge in [-0.05, 0) is 6.92 Å². The number of hydrogen-bond acceptors (Lipinski definition) is 7. The molecular weight excluding hydrogens is 286 g/mol. The Labute approximate surface area is 123 Å². The van der Waals surface area contributed by atoms with Crippen LogP contribution in [0.4, 0.5) is 0 Å². The average molecular weight is 309 g/mol. The van der Waals surface area contributed by atoms with Crippen LogP contribution in [-0.4, -0.2) is 73.7 Å². The highest BCUT2D eigenvalue weighted by atomic mass is 32.2. The van der Waals surface area contributed by atoms with E-state index in [2.05, 4.69) is 4.90 Å². The van der Waals surface area contributed by atoms with Crippen molar-refractivity contribution in [1.82, 2.24) is 4.90 Å². The predicted molar refractivity (Wildman–Crippen MR) is 79.6 cm³/mol. The Morgan fingerprint density at radius 2 is 1.63 bits per heavy atom. The molecule has 112 valence electrons. The van der Waals surface area contributed by atoms with Crippen LogP contribution in [-0.2, 0) is 19.0 Å². The normalized spacial score (nSPS) is 22.6. The molecule has 0 saturated carbocycles. The molecule has 1 saturated heterocycles. The van der Waals surface area contributed by atoms with Crippen molar-refractivity contribution >= 4 is 29.5 Å². The highest BCUT2D eigenvalue weighted by Crippen LogP contribution is 2.14. The molecule has 0 aliphatic carbocycles. The van der Waals surface area contributed by atoms with Crippen LogP contribution in [0, 0.1) is 0 Å². The summed E-state index contributed by atoms with van der Waals surface area (Å²) in [4.78, 5) is 13.7. The summed E-state index contributed by atoms with van der Waals surface area (Å²) in [6.07, 6.45) is 0. The summed E-state index contributed by atoms with van der Waals surface area (Å²) in [5.41, 5.74) is 0. The molecule has 0 bridgehead atoms. The second-order valence-electron chi connectivity index (χ2n) is 4.09. The molecule has 5 nitrogen and oxygen atoms in total. The van der Waals surface area contributed by atoms with Crippen molar-refractivity contribution in [3.05, 3.63) is 0 Å². The zero-order valence-electron chi connectivity index (χ0n) is 11.6. The van der Waals surface area contributed by atoms with E-state index in [9.17, 15) is 4.79 Å². The Bertz CT molecular complexity index is 242. The van der Waals surface area contributed by atoms with Crippen molar-refractivity contribution in [2.24, 2.45) is 0 Å². The zero-order valence-corrected chi connectivity index (χ0v) is 13.3. The summed E-state index contributed by atoms with van der Waals surface area (Å²) >= 11 is 3.56. The molecule has 1 aliphatic rings. The van der Waals surface area contributed by atoms with Crippen LogP contribution in [0.5, 0.6) is 0 Å². The van der Waals surface area contributed by atoms with Gasteiger partial charge in [0.1, 0.15) is 6.04 Å². The minimum atomic E-state index is -0.211. The summed E-state index contributed by atoms with van der Waals surface area (Å²) in [5.74, 6) is 3.29. The standard InChI is InChI=1S/C12H23NO4S2/c1-11(12(14)15-2)13-9-18-7-5-16-3-4-17-6-8-19-10-13/h11H,3-10H2,1-2H3. The number of nitrogens with zero attached hydrogens (tertiary/aromatic N) is 1. The van der Waals surface area contributed by atoms with E-state index in [1.165, 1.54) is 7.11 Å². The molecule has 0 aromatic rings. The molecule has 0 spiro atoms. The minimum Gasteiger partial charge on any atom is -0.468 e. The summed E-state index contributed by atoms with van der Waals surface area (Å²) in [7, 11) is 1.43. The Morgan fingerprint density at radius 1 is 1.11 bits per heavy atom. The second kappa shape index (κ2) is 10.8. The van der Waals surface area contributed by atoms with Gasteiger partial charge in [0, 0.05) is 23.3 Å². The maximum absolute atomic E-state index is 11.6. The molecule has 0 radical (unpaired) electrons. The second-order valence-corrected chi connectivity index (χ2v) is 6.24. The van der Waals surface area contributed by atoms with Crippen molar-refractivity contribution in [2.75, 3.05) is 56.8 Å². The summed E-state index contributed by atoms with van der Waals surface area (Å²) in [6, 6.07) is -0.211. The van der Waals surface area contributed by atoms with Crippen LogP contribution >= 0.6 is 23.5 Å². The Balaban J connectivity index is 2.43. The topological polar surface area (TPSA) is 48.0 Å². The van der Waals surface area contributed by atoms with Gasteiger partial charge in [0.15, 0.2) is 0 Å². The Hall–Kier alpha value is 0.0500. The number of rotatable bonds is 2. The Kier molecular flexibility index (Phi) is 9.71. The van der Waals surface area contributed by atoms with Crippen molar-refractivity contribution in [2.45, 2.75) is 13.0 Å². The Morgan fingerprint density at radius 3 is 2.11 bits per heavy atom. The van der Waals surface area contributed by atoms with Gasteiger partial charge in [-0.3, -0.25) is 9.69 Å². The van der Waals surface area contributed by atoms with Crippen LogP contribution in [0.1, 0.15) is 6.92 Å². The fourth-order valence-electron chi connectivity index (χ4n) is 1.50. The molecular formula is C12H23NO4S2. The summed E-state index contributed by atoms with van der Waals surface area (Å²) < 4.78 is 15.7. The molecule has 7 heteroatoms. The highest BCUT2D eigenvalue weighted by Gasteiger charge is 2.21. The van der Waals surface area contributed by atoms with Crippen LogP contribution in [0.3, 0.4) is 0 Å². The lowest BCUT2D eigenvalue weighted by Gasteiger charge is -2.26. The number of carbonyl (C=O) groups is 1. The fourth-order valence-corrected chi connectivity index (χ4v) is 3.45. The van der Waals surface area contributed by atoms with E-state index in [1.807, 2.05) is 6.92 Å². The first-order valence-electron chi connectivity index (χ1n) is 6.38. The van der Waals surface area contributed by atoms with E-state index in [0.717, 1.165) is 36.5 Å². The third kappa shape index (κ3) is 7.41. The molecule has 1 aliphatic heterocycles. The largest absolute Gasteiger partial charge is 0.468 e. The van der Waals surface area contributed by atoms with E-state index in [-0.39, 0.29) is 12.0 Å². The molecule has 0 aromatic heterocycles. The van der Waals surface area contributed by atoms with Gasteiger partial charge in [-0.25, -0.2) is 0 Å². The van der Waals surface area contributed by atoms with Crippen molar-refractivity contribution < 1.29 is 19.0 Å². The quantitative estimate of drug-likeness (QED) is 0.712.